The Bertz CT molecular complexity index is 752. The van der Waals surface area contributed by atoms with Crippen LogP contribution < -0.4 is 14.2 Å². The lowest BCUT2D eigenvalue weighted by atomic mass is 9.60. The lowest BCUT2D eigenvalue weighted by molar-refractivity contribution is -0.154. The van der Waals surface area contributed by atoms with Crippen molar-refractivity contribution in [1.82, 2.24) is 0 Å². The highest BCUT2D eigenvalue weighted by Gasteiger charge is 2.57. The fourth-order valence-corrected chi connectivity index (χ4v) is 5.45. The fraction of sp³-hybridized carbons (Fsp3) is 0.696. The van der Waals surface area contributed by atoms with Crippen LogP contribution in [0.25, 0.3) is 0 Å². The summed E-state index contributed by atoms with van der Waals surface area (Å²) >= 11 is 0. The highest BCUT2D eigenvalue weighted by molar-refractivity contribution is 5.73. The first-order chi connectivity index (χ1) is 13.2. The van der Waals surface area contributed by atoms with Crippen LogP contribution in [0.1, 0.15) is 70.4 Å². The number of rotatable bonds is 6. The van der Waals surface area contributed by atoms with Crippen LogP contribution in [0.4, 0.5) is 0 Å². The molecule has 2 atom stereocenters. The van der Waals surface area contributed by atoms with Crippen molar-refractivity contribution >= 4 is 5.97 Å². The quantitative estimate of drug-likeness (QED) is 0.647. The van der Waals surface area contributed by atoms with E-state index in [4.69, 9.17) is 18.9 Å². The summed E-state index contributed by atoms with van der Waals surface area (Å²) in [7, 11) is 5.00. The van der Waals surface area contributed by atoms with Gasteiger partial charge in [0.25, 0.3) is 0 Å². The van der Waals surface area contributed by atoms with Crippen LogP contribution in [0.3, 0.4) is 0 Å². The van der Waals surface area contributed by atoms with Crippen LogP contribution in [-0.2, 0) is 16.0 Å². The molecule has 3 rings (SSSR count). The maximum atomic E-state index is 12.3. The summed E-state index contributed by atoms with van der Waals surface area (Å²) in [6.45, 7) is 8.73. The Morgan fingerprint density at radius 2 is 1.79 bits per heavy atom. The minimum atomic E-state index is -0.485. The van der Waals surface area contributed by atoms with E-state index in [9.17, 15) is 4.79 Å². The van der Waals surface area contributed by atoms with Gasteiger partial charge in [-0.2, -0.15) is 0 Å². The molecule has 1 aliphatic carbocycles. The number of methoxy groups -OCH3 is 3. The number of hydrogen-bond acceptors (Lipinski definition) is 5. The summed E-state index contributed by atoms with van der Waals surface area (Å²) in [6, 6.07) is 2.04. The third kappa shape index (κ3) is 3.33. The first-order valence-electron chi connectivity index (χ1n) is 10.2. The molecule has 1 aliphatic heterocycles. The second kappa shape index (κ2) is 7.49. The molecule has 1 aromatic rings. The molecule has 2 aliphatic rings. The van der Waals surface area contributed by atoms with Gasteiger partial charge in [0.1, 0.15) is 11.4 Å². The third-order valence-electron chi connectivity index (χ3n) is 6.70. The maximum absolute atomic E-state index is 12.3. The summed E-state index contributed by atoms with van der Waals surface area (Å²) in [4.78, 5) is 12.3. The Balaban J connectivity index is 2.12. The molecule has 5 nitrogen and oxygen atoms in total. The normalized spacial score (nSPS) is 26.0. The van der Waals surface area contributed by atoms with Crippen LogP contribution in [0.15, 0.2) is 6.07 Å². The van der Waals surface area contributed by atoms with Crippen molar-refractivity contribution in [2.45, 2.75) is 71.3 Å². The standard InChI is InChI=1S/C23H34O5/c1-14(2)19-16(25-5)11-15(20(26-6)21(19)27-7)13-23-10-8-9-22(3,4)17(23)12-18(24)28-23/h11,14,17H,8-10,12-13H2,1-7H3/t17-,23-/m0/s1. The molecule has 28 heavy (non-hydrogen) atoms. The van der Waals surface area contributed by atoms with E-state index < -0.39 is 5.60 Å². The van der Waals surface area contributed by atoms with Gasteiger partial charge in [-0.3, -0.25) is 4.79 Å². The molecule has 0 aromatic heterocycles. The first kappa shape index (κ1) is 20.8. The Morgan fingerprint density at radius 3 is 2.36 bits per heavy atom. The lowest BCUT2D eigenvalue weighted by Gasteiger charge is -2.47. The van der Waals surface area contributed by atoms with Gasteiger partial charge in [0.2, 0.25) is 0 Å². The largest absolute Gasteiger partial charge is 0.496 e. The topological polar surface area (TPSA) is 54.0 Å². The van der Waals surface area contributed by atoms with Gasteiger partial charge in [0.15, 0.2) is 11.5 Å². The van der Waals surface area contributed by atoms with Gasteiger partial charge in [-0.25, -0.2) is 0 Å². The van der Waals surface area contributed by atoms with Crippen molar-refractivity contribution in [2.75, 3.05) is 21.3 Å². The van der Waals surface area contributed by atoms with Crippen molar-refractivity contribution in [3.05, 3.63) is 17.2 Å². The number of ether oxygens (including phenoxy) is 4. The number of benzene rings is 1. The molecule has 0 radical (unpaired) electrons. The van der Waals surface area contributed by atoms with Crippen molar-refractivity contribution in [1.29, 1.82) is 0 Å². The average Bonchev–Trinajstić information content (AvgIpc) is 2.97. The molecule has 0 spiro atoms. The highest BCUT2D eigenvalue weighted by atomic mass is 16.6. The molecule has 1 saturated carbocycles. The van der Waals surface area contributed by atoms with E-state index in [-0.39, 0.29) is 23.2 Å². The summed E-state index contributed by atoms with van der Waals surface area (Å²) in [5.74, 6) is 2.54. The van der Waals surface area contributed by atoms with Gasteiger partial charge in [-0.1, -0.05) is 27.7 Å². The summed E-state index contributed by atoms with van der Waals surface area (Å²) in [6.07, 6.45) is 4.16. The van der Waals surface area contributed by atoms with E-state index in [1.54, 1.807) is 21.3 Å². The molecule has 2 fully saturated rings. The van der Waals surface area contributed by atoms with Crippen LogP contribution >= 0.6 is 0 Å². The Hall–Kier alpha value is -1.91. The minimum Gasteiger partial charge on any atom is -0.496 e. The Kier molecular flexibility index (Phi) is 5.57. The lowest BCUT2D eigenvalue weighted by Crippen LogP contribution is -2.48. The van der Waals surface area contributed by atoms with Crippen LogP contribution in [0.5, 0.6) is 17.2 Å². The molecule has 1 heterocycles. The van der Waals surface area contributed by atoms with Crippen LogP contribution in [-0.4, -0.2) is 32.9 Å². The highest BCUT2D eigenvalue weighted by Crippen LogP contribution is 2.56. The maximum Gasteiger partial charge on any atom is 0.306 e. The Morgan fingerprint density at radius 1 is 1.11 bits per heavy atom. The smallest absolute Gasteiger partial charge is 0.306 e. The van der Waals surface area contributed by atoms with Gasteiger partial charge in [-0.05, 0) is 36.7 Å². The second-order valence-electron chi connectivity index (χ2n) is 9.19. The van der Waals surface area contributed by atoms with Gasteiger partial charge in [0, 0.05) is 23.5 Å². The van der Waals surface area contributed by atoms with Crippen molar-refractivity contribution in [3.8, 4) is 17.2 Å². The molecule has 5 heteroatoms. The monoisotopic (exact) mass is 390 g/mol. The number of carbonyl (C=O) groups excluding carboxylic acids is 1. The van der Waals surface area contributed by atoms with Crippen molar-refractivity contribution in [2.24, 2.45) is 11.3 Å². The summed E-state index contributed by atoms with van der Waals surface area (Å²) in [5.41, 5.74) is 1.55. The molecular formula is C23H34O5. The molecule has 156 valence electrons. The summed E-state index contributed by atoms with van der Waals surface area (Å²) in [5, 5.41) is 0. The van der Waals surface area contributed by atoms with E-state index in [2.05, 4.69) is 27.7 Å². The van der Waals surface area contributed by atoms with Crippen molar-refractivity contribution < 1.29 is 23.7 Å². The van der Waals surface area contributed by atoms with Crippen LogP contribution in [0.2, 0.25) is 0 Å². The zero-order valence-electron chi connectivity index (χ0n) is 18.3. The first-order valence-corrected chi connectivity index (χ1v) is 10.2. The predicted octanol–water partition coefficient (Wildman–Crippen LogP) is 4.89. The molecule has 1 aromatic carbocycles. The number of hydrogen-bond donors (Lipinski definition) is 0. The third-order valence-corrected chi connectivity index (χ3v) is 6.70. The van der Waals surface area contributed by atoms with E-state index in [1.807, 2.05) is 6.07 Å². The zero-order valence-corrected chi connectivity index (χ0v) is 18.3. The van der Waals surface area contributed by atoms with Gasteiger partial charge < -0.3 is 18.9 Å². The minimum absolute atomic E-state index is 0.0731. The Labute approximate surface area is 168 Å². The van der Waals surface area contributed by atoms with Gasteiger partial charge in [-0.15, -0.1) is 0 Å². The summed E-state index contributed by atoms with van der Waals surface area (Å²) < 4.78 is 23.3. The number of esters is 1. The average molecular weight is 391 g/mol. The molecule has 0 N–H and O–H groups in total. The van der Waals surface area contributed by atoms with E-state index in [1.165, 1.54) is 0 Å². The van der Waals surface area contributed by atoms with E-state index >= 15 is 0 Å². The zero-order chi connectivity index (χ0) is 20.7. The fourth-order valence-electron chi connectivity index (χ4n) is 5.45. The number of carbonyl (C=O) groups is 1. The van der Waals surface area contributed by atoms with Crippen LogP contribution in [0, 0.1) is 11.3 Å². The predicted molar refractivity (Wildman–Crippen MR) is 108 cm³/mol. The number of fused-ring (bicyclic) bond motifs is 1. The van der Waals surface area contributed by atoms with E-state index in [0.29, 0.717) is 24.3 Å². The van der Waals surface area contributed by atoms with E-state index in [0.717, 1.165) is 36.1 Å². The SMILES string of the molecule is COc1cc(C[C@@]23CCCC(C)(C)[C@@H]2CC(=O)O3)c(OC)c(OC)c1C(C)C. The molecule has 0 unspecified atom stereocenters. The molecule has 0 bridgehead atoms. The van der Waals surface area contributed by atoms with Gasteiger partial charge in [0.05, 0.1) is 27.8 Å². The van der Waals surface area contributed by atoms with Gasteiger partial charge >= 0.3 is 5.97 Å². The van der Waals surface area contributed by atoms with Crippen molar-refractivity contribution in [3.63, 3.8) is 0 Å². The second-order valence-corrected chi connectivity index (χ2v) is 9.19. The molecule has 0 amide bonds. The molecular weight excluding hydrogens is 356 g/mol. The molecule has 1 saturated heterocycles.